The van der Waals surface area contributed by atoms with Crippen LogP contribution in [0.1, 0.15) is 23.2 Å². The highest BCUT2D eigenvalue weighted by atomic mass is 35.5. The van der Waals surface area contributed by atoms with Gasteiger partial charge in [0.05, 0.1) is 28.7 Å². The molecule has 0 spiro atoms. The molecule has 0 saturated heterocycles. The Hall–Kier alpha value is -3.19. The lowest BCUT2D eigenvalue weighted by molar-refractivity contribution is -0.137. The first-order valence-electron chi connectivity index (χ1n) is 11.9. The third-order valence-electron chi connectivity index (χ3n) is 5.88. The summed E-state index contributed by atoms with van der Waals surface area (Å²) in [7, 11) is -3.96. The molecule has 0 fully saturated rings. The summed E-state index contributed by atoms with van der Waals surface area (Å²) in [4.78, 5) is 4.02. The fraction of sp³-hybridized carbons (Fsp3) is 0.185. The highest BCUT2D eigenvalue weighted by molar-refractivity contribution is 7.87. The van der Waals surface area contributed by atoms with Crippen molar-refractivity contribution >= 4 is 56.3 Å². The van der Waals surface area contributed by atoms with E-state index >= 15 is 0 Å². The molecule has 14 heteroatoms. The maximum atomic E-state index is 12.9. The Balaban J connectivity index is 1.72. The average Bonchev–Trinajstić information content (AvgIpc) is 3.24. The molecule has 0 aliphatic rings. The van der Waals surface area contributed by atoms with Crippen LogP contribution >= 0.6 is 35.4 Å². The molecule has 0 unspecified atom stereocenters. The number of benzene rings is 2. The molecule has 2 aromatic heterocycles. The summed E-state index contributed by atoms with van der Waals surface area (Å²) < 4.78 is 82.2. The summed E-state index contributed by atoms with van der Waals surface area (Å²) in [6.07, 6.45) is -3.98. The Kier molecular flexibility index (Phi) is 9.27. The SMILES string of the molecule is Cc1c(C(=S)Nc2ccc(C(F)(F)F)cn2)cc(-c2ccc(Cl)cc2Cl)n1-c1ccc(OS(=O)(=O)CCCF)cc1. The van der Waals surface area contributed by atoms with Crippen molar-refractivity contribution in [2.24, 2.45) is 0 Å². The molecule has 2 heterocycles. The molecular formula is C27H21Cl2F4N3O3S2. The summed E-state index contributed by atoms with van der Waals surface area (Å²) in [5, 5.41) is 3.65. The van der Waals surface area contributed by atoms with Gasteiger partial charge < -0.3 is 14.1 Å². The number of hydrogen-bond acceptors (Lipinski definition) is 5. The summed E-state index contributed by atoms with van der Waals surface area (Å²) in [5.74, 6) is -0.283. The van der Waals surface area contributed by atoms with Crippen LogP contribution in [0.3, 0.4) is 0 Å². The molecule has 0 bridgehead atoms. The van der Waals surface area contributed by atoms with Crippen LogP contribution in [0.25, 0.3) is 16.9 Å². The van der Waals surface area contributed by atoms with Gasteiger partial charge in [0.15, 0.2) is 0 Å². The van der Waals surface area contributed by atoms with Crippen molar-refractivity contribution < 1.29 is 30.2 Å². The number of hydrogen-bond donors (Lipinski definition) is 1. The first-order valence-corrected chi connectivity index (χ1v) is 14.6. The second kappa shape index (κ2) is 12.4. The number of nitrogens with one attached hydrogen (secondary N) is 1. The number of thiocarbonyl (C=S) groups is 1. The smallest absolute Gasteiger partial charge is 0.382 e. The van der Waals surface area contributed by atoms with Gasteiger partial charge in [-0.25, -0.2) is 4.98 Å². The Bertz CT molecular complexity index is 1680. The van der Waals surface area contributed by atoms with Crippen LogP contribution < -0.4 is 9.50 Å². The minimum atomic E-state index is -4.52. The van der Waals surface area contributed by atoms with Crippen molar-refractivity contribution in [1.29, 1.82) is 0 Å². The lowest BCUT2D eigenvalue weighted by atomic mass is 10.1. The second-order valence-electron chi connectivity index (χ2n) is 8.75. The largest absolute Gasteiger partial charge is 0.417 e. The summed E-state index contributed by atoms with van der Waals surface area (Å²) in [5.41, 5.74) is 2.09. The highest BCUT2D eigenvalue weighted by Crippen LogP contribution is 2.36. The zero-order valence-electron chi connectivity index (χ0n) is 21.2. The van der Waals surface area contributed by atoms with Crippen molar-refractivity contribution in [3.05, 3.63) is 93.7 Å². The molecule has 4 rings (SSSR count). The van der Waals surface area contributed by atoms with Gasteiger partial charge in [0.25, 0.3) is 0 Å². The van der Waals surface area contributed by atoms with Crippen LogP contribution in [0.15, 0.2) is 66.9 Å². The Labute approximate surface area is 249 Å². The normalized spacial score (nSPS) is 11.9. The number of aromatic nitrogens is 2. The zero-order valence-corrected chi connectivity index (χ0v) is 24.3. The van der Waals surface area contributed by atoms with Crippen LogP contribution in [-0.4, -0.2) is 35.4 Å². The molecule has 0 amide bonds. The summed E-state index contributed by atoms with van der Waals surface area (Å²) in [6.45, 7) is 1.00. The first-order chi connectivity index (χ1) is 19.3. The van der Waals surface area contributed by atoms with Crippen LogP contribution in [0.4, 0.5) is 23.4 Å². The van der Waals surface area contributed by atoms with Gasteiger partial charge in [-0.3, -0.25) is 4.39 Å². The molecule has 0 aliphatic heterocycles. The van der Waals surface area contributed by atoms with Gasteiger partial charge in [-0.2, -0.15) is 21.6 Å². The molecular weight excluding hydrogens is 625 g/mol. The van der Waals surface area contributed by atoms with Crippen LogP contribution in [0.5, 0.6) is 5.75 Å². The van der Waals surface area contributed by atoms with Gasteiger partial charge in [-0.1, -0.05) is 35.4 Å². The Morgan fingerprint density at radius 3 is 2.37 bits per heavy atom. The molecule has 216 valence electrons. The van der Waals surface area contributed by atoms with E-state index in [1.807, 2.05) is 4.57 Å². The van der Waals surface area contributed by atoms with Crippen LogP contribution in [0, 0.1) is 6.92 Å². The van der Waals surface area contributed by atoms with E-state index in [1.165, 1.54) is 18.2 Å². The summed E-state index contributed by atoms with van der Waals surface area (Å²) in [6, 6.07) is 15.0. The lowest BCUT2D eigenvalue weighted by Crippen LogP contribution is -2.14. The molecule has 0 aliphatic carbocycles. The van der Waals surface area contributed by atoms with Gasteiger partial charge >= 0.3 is 16.3 Å². The van der Waals surface area contributed by atoms with Crippen molar-refractivity contribution in [3.8, 4) is 22.7 Å². The van der Waals surface area contributed by atoms with Gasteiger partial charge in [0.1, 0.15) is 16.6 Å². The van der Waals surface area contributed by atoms with Gasteiger partial charge in [-0.05, 0) is 74.0 Å². The molecule has 0 radical (unpaired) electrons. The molecule has 41 heavy (non-hydrogen) atoms. The van der Waals surface area contributed by atoms with Crippen LogP contribution in [0.2, 0.25) is 10.0 Å². The maximum absolute atomic E-state index is 12.9. The highest BCUT2D eigenvalue weighted by Gasteiger charge is 2.30. The van der Waals surface area contributed by atoms with Gasteiger partial charge in [0, 0.05) is 33.7 Å². The van der Waals surface area contributed by atoms with E-state index in [0.717, 1.165) is 6.07 Å². The molecule has 0 saturated carbocycles. The molecule has 1 N–H and O–H groups in total. The van der Waals surface area contributed by atoms with Crippen molar-refractivity contribution in [2.75, 3.05) is 17.7 Å². The monoisotopic (exact) mass is 645 g/mol. The fourth-order valence-electron chi connectivity index (χ4n) is 3.95. The number of nitrogens with zero attached hydrogens (tertiary/aromatic N) is 2. The quantitative estimate of drug-likeness (QED) is 0.113. The molecule has 0 atom stereocenters. The van der Waals surface area contributed by atoms with E-state index in [4.69, 9.17) is 39.6 Å². The number of alkyl halides is 4. The Morgan fingerprint density at radius 1 is 1.07 bits per heavy atom. The third kappa shape index (κ3) is 7.37. The molecule has 6 nitrogen and oxygen atoms in total. The van der Waals surface area contributed by atoms with Crippen molar-refractivity contribution in [2.45, 2.75) is 19.5 Å². The zero-order chi connectivity index (χ0) is 29.9. The molecule has 2 aromatic carbocycles. The standard InChI is InChI=1S/C27H21Cl2F4N3O3S2/c1-16-22(26(40)35-25-10-3-17(15-34-25)27(31,32)33)14-24(21-9-4-18(28)13-23(21)29)36(16)19-5-7-20(8-6-19)39-41(37,38)12-2-11-30/h3-10,13-15H,2,11-12H2,1H3,(H,34,35,40). The first kappa shape index (κ1) is 30.8. The number of pyridine rings is 1. The lowest BCUT2D eigenvalue weighted by Gasteiger charge is -2.15. The minimum absolute atomic E-state index is 0.0503. The predicted molar refractivity (Wildman–Crippen MR) is 156 cm³/mol. The van der Waals surface area contributed by atoms with Crippen LogP contribution in [-0.2, 0) is 16.3 Å². The predicted octanol–water partition coefficient (Wildman–Crippen LogP) is 8.03. The third-order valence-corrected chi connectivity index (χ3v) is 7.98. The number of anilines is 1. The van der Waals surface area contributed by atoms with E-state index < -0.39 is 34.3 Å². The second-order valence-corrected chi connectivity index (χ2v) is 11.7. The van der Waals surface area contributed by atoms with E-state index in [1.54, 1.807) is 43.3 Å². The van der Waals surface area contributed by atoms with E-state index in [2.05, 4.69) is 10.3 Å². The molecule has 4 aromatic rings. The van der Waals surface area contributed by atoms with Gasteiger partial charge in [0.2, 0.25) is 0 Å². The number of rotatable bonds is 9. The van der Waals surface area contributed by atoms with E-state index in [0.29, 0.717) is 44.4 Å². The summed E-state index contributed by atoms with van der Waals surface area (Å²) >= 11 is 18.2. The van der Waals surface area contributed by atoms with E-state index in [9.17, 15) is 26.0 Å². The topological polar surface area (TPSA) is 73.2 Å². The number of halogens is 6. The minimum Gasteiger partial charge on any atom is -0.382 e. The van der Waals surface area contributed by atoms with E-state index in [-0.39, 0.29) is 23.0 Å². The maximum Gasteiger partial charge on any atom is 0.417 e. The van der Waals surface area contributed by atoms with Crippen molar-refractivity contribution in [3.63, 3.8) is 0 Å². The average molecular weight is 647 g/mol. The van der Waals surface area contributed by atoms with Gasteiger partial charge in [-0.15, -0.1) is 0 Å². The fourth-order valence-corrected chi connectivity index (χ4v) is 5.72. The van der Waals surface area contributed by atoms with Crippen molar-refractivity contribution in [1.82, 2.24) is 9.55 Å². The Morgan fingerprint density at radius 2 is 1.78 bits per heavy atom.